The Hall–Kier alpha value is -4.21. The molecule has 0 fully saturated rings. The van der Waals surface area contributed by atoms with Gasteiger partial charge in [-0.05, 0) is 55.3 Å². The fourth-order valence-electron chi connectivity index (χ4n) is 4.22. The average molecular weight is 517 g/mol. The number of aromatic amines is 1. The lowest BCUT2D eigenvalue weighted by atomic mass is 10.1. The van der Waals surface area contributed by atoms with Gasteiger partial charge in [-0.25, -0.2) is 18.0 Å². The van der Waals surface area contributed by atoms with Crippen molar-refractivity contribution in [3.8, 4) is 5.75 Å². The molecule has 0 saturated carbocycles. The van der Waals surface area contributed by atoms with Crippen LogP contribution in [0.15, 0.2) is 93.1 Å². The van der Waals surface area contributed by atoms with Crippen LogP contribution in [-0.2, 0) is 21.2 Å². The Morgan fingerprint density at radius 2 is 1.76 bits per heavy atom. The topological polar surface area (TPSA) is 118 Å². The van der Waals surface area contributed by atoms with E-state index in [2.05, 4.69) is 9.71 Å². The van der Waals surface area contributed by atoms with Crippen LogP contribution in [0.3, 0.4) is 0 Å². The number of nitrogens with one attached hydrogen (secondary N) is 2. The molecule has 0 aliphatic heterocycles. The van der Waals surface area contributed by atoms with E-state index >= 15 is 0 Å². The molecule has 37 heavy (non-hydrogen) atoms. The van der Waals surface area contributed by atoms with E-state index in [-0.39, 0.29) is 22.6 Å². The van der Waals surface area contributed by atoms with Crippen LogP contribution in [-0.4, -0.2) is 25.4 Å². The first-order valence-electron chi connectivity index (χ1n) is 11.6. The molecule has 0 saturated heterocycles. The van der Waals surface area contributed by atoms with Crippen molar-refractivity contribution in [3.05, 3.63) is 106 Å². The summed E-state index contributed by atoms with van der Waals surface area (Å²) in [6.07, 6.45) is 1.80. The third kappa shape index (κ3) is 5.18. The van der Waals surface area contributed by atoms with Crippen molar-refractivity contribution in [1.82, 2.24) is 9.71 Å². The molecule has 0 bridgehead atoms. The van der Waals surface area contributed by atoms with Crippen molar-refractivity contribution in [1.29, 1.82) is 0 Å². The van der Waals surface area contributed by atoms with Gasteiger partial charge in [0.2, 0.25) is 10.0 Å². The lowest BCUT2D eigenvalue weighted by Crippen LogP contribution is -2.44. The third-order valence-electron chi connectivity index (χ3n) is 6.15. The van der Waals surface area contributed by atoms with E-state index in [1.165, 1.54) is 24.3 Å². The Kier molecular flexibility index (Phi) is 6.41. The number of carbonyl (C=O) groups is 1. The molecule has 3 aromatic carbocycles. The molecule has 2 aromatic heterocycles. The molecule has 0 amide bonds. The Balaban J connectivity index is 1.48. The van der Waals surface area contributed by atoms with Crippen LogP contribution < -0.4 is 15.1 Å². The zero-order chi connectivity index (χ0) is 26.2. The highest BCUT2D eigenvalue weighted by Gasteiger charge is 2.29. The number of ether oxygens (including phenoxy) is 1. The smallest absolute Gasteiger partial charge is 0.336 e. The van der Waals surface area contributed by atoms with Crippen LogP contribution in [0.25, 0.3) is 21.9 Å². The molecule has 2 heterocycles. The molecule has 9 heteroatoms. The number of sulfonamides is 1. The number of esters is 1. The summed E-state index contributed by atoms with van der Waals surface area (Å²) in [4.78, 5) is 28.3. The zero-order valence-electron chi connectivity index (χ0n) is 20.1. The number of fused-ring (bicyclic) bond motifs is 2. The Morgan fingerprint density at radius 1 is 1.00 bits per heavy atom. The van der Waals surface area contributed by atoms with Crippen molar-refractivity contribution >= 4 is 37.9 Å². The van der Waals surface area contributed by atoms with Gasteiger partial charge in [-0.3, -0.25) is 0 Å². The SMILES string of the molecule is Cc1ccc(S(=O)(=O)N[C@@H](Cc2c[nH]c3ccccc23)C(=O)Oc2ccc3c(C)cc(=O)oc3c2)cc1. The highest BCUT2D eigenvalue weighted by atomic mass is 32.2. The van der Waals surface area contributed by atoms with Crippen molar-refractivity contribution in [2.45, 2.75) is 31.2 Å². The molecule has 0 unspecified atom stereocenters. The molecule has 2 N–H and O–H groups in total. The predicted molar refractivity (Wildman–Crippen MR) is 140 cm³/mol. The molecular weight excluding hydrogens is 492 g/mol. The van der Waals surface area contributed by atoms with Crippen molar-refractivity contribution in [2.75, 3.05) is 0 Å². The second kappa shape index (κ2) is 9.68. The number of hydrogen-bond acceptors (Lipinski definition) is 6. The summed E-state index contributed by atoms with van der Waals surface area (Å²) in [7, 11) is -4.04. The maximum Gasteiger partial charge on any atom is 0.336 e. The standard InChI is InChI=1S/C28H24N2O6S/c1-17-7-10-21(11-8-17)37(33,34)30-25(14-19-16-29-24-6-4-3-5-23(19)24)28(32)35-20-9-12-22-18(2)13-27(31)36-26(22)15-20/h3-13,15-16,25,29-30H,14H2,1-2H3/t25-/m0/s1. The van der Waals surface area contributed by atoms with Gasteiger partial charge in [0, 0.05) is 41.0 Å². The number of aryl methyl sites for hydroxylation is 2. The van der Waals surface area contributed by atoms with Crippen molar-refractivity contribution < 1.29 is 22.4 Å². The van der Waals surface area contributed by atoms with Gasteiger partial charge in [-0.1, -0.05) is 35.9 Å². The largest absolute Gasteiger partial charge is 0.425 e. The minimum atomic E-state index is -4.04. The van der Waals surface area contributed by atoms with Crippen LogP contribution in [0.4, 0.5) is 0 Å². The first-order chi connectivity index (χ1) is 17.7. The number of H-pyrrole nitrogens is 1. The Labute approximate surface area is 212 Å². The van der Waals surface area contributed by atoms with Crippen LogP contribution >= 0.6 is 0 Å². The second-order valence-electron chi connectivity index (χ2n) is 8.88. The Bertz CT molecular complexity index is 1790. The maximum atomic E-state index is 13.4. The highest BCUT2D eigenvalue weighted by Crippen LogP contribution is 2.24. The normalized spacial score (nSPS) is 12.6. The van der Waals surface area contributed by atoms with E-state index in [9.17, 15) is 18.0 Å². The van der Waals surface area contributed by atoms with E-state index in [4.69, 9.17) is 9.15 Å². The van der Waals surface area contributed by atoms with Gasteiger partial charge >= 0.3 is 11.6 Å². The van der Waals surface area contributed by atoms with Gasteiger partial charge in [0.05, 0.1) is 4.90 Å². The van der Waals surface area contributed by atoms with Crippen LogP contribution in [0, 0.1) is 13.8 Å². The summed E-state index contributed by atoms with van der Waals surface area (Å²) in [5.74, 6) is -0.667. The number of hydrogen-bond donors (Lipinski definition) is 2. The molecule has 5 aromatic rings. The van der Waals surface area contributed by atoms with Gasteiger partial charge in [-0.2, -0.15) is 4.72 Å². The fourth-order valence-corrected chi connectivity index (χ4v) is 5.41. The summed E-state index contributed by atoms with van der Waals surface area (Å²) in [6, 6.07) is 18.7. The summed E-state index contributed by atoms with van der Waals surface area (Å²) in [5.41, 5.74) is 3.01. The average Bonchev–Trinajstić information content (AvgIpc) is 3.26. The molecule has 188 valence electrons. The van der Waals surface area contributed by atoms with Crippen molar-refractivity contribution in [2.24, 2.45) is 0 Å². The van der Waals surface area contributed by atoms with Gasteiger partial charge in [0.1, 0.15) is 17.4 Å². The monoisotopic (exact) mass is 516 g/mol. The second-order valence-corrected chi connectivity index (χ2v) is 10.6. The molecule has 0 aliphatic rings. The predicted octanol–water partition coefficient (Wildman–Crippen LogP) is 4.39. The van der Waals surface area contributed by atoms with E-state index in [0.29, 0.717) is 5.39 Å². The first-order valence-corrected chi connectivity index (χ1v) is 13.1. The van der Waals surface area contributed by atoms with Gasteiger partial charge in [-0.15, -0.1) is 0 Å². The van der Waals surface area contributed by atoms with E-state index in [0.717, 1.165) is 27.6 Å². The van der Waals surface area contributed by atoms with Gasteiger partial charge < -0.3 is 14.1 Å². The minimum Gasteiger partial charge on any atom is -0.425 e. The Morgan fingerprint density at radius 3 is 2.54 bits per heavy atom. The van der Waals surface area contributed by atoms with Gasteiger partial charge in [0.15, 0.2) is 0 Å². The van der Waals surface area contributed by atoms with Crippen molar-refractivity contribution in [3.63, 3.8) is 0 Å². The first kappa shape index (κ1) is 24.5. The fraction of sp³-hybridized carbons (Fsp3) is 0.143. The molecular formula is C28H24N2O6S. The summed E-state index contributed by atoms with van der Waals surface area (Å²) < 4.78 is 39.7. The number of aromatic nitrogens is 1. The quantitative estimate of drug-likeness (QED) is 0.188. The van der Waals surface area contributed by atoms with Crippen LogP contribution in [0.1, 0.15) is 16.7 Å². The minimum absolute atomic E-state index is 0.0396. The molecule has 0 aliphatic carbocycles. The van der Waals surface area contributed by atoms with E-state index in [1.54, 1.807) is 37.4 Å². The highest BCUT2D eigenvalue weighted by molar-refractivity contribution is 7.89. The van der Waals surface area contributed by atoms with Crippen LogP contribution in [0.2, 0.25) is 0 Å². The molecule has 1 atom stereocenters. The lowest BCUT2D eigenvalue weighted by molar-refractivity contribution is -0.136. The number of rotatable bonds is 7. The summed E-state index contributed by atoms with van der Waals surface area (Å²) in [6.45, 7) is 3.64. The number of para-hydroxylation sites is 1. The van der Waals surface area contributed by atoms with E-state index in [1.807, 2.05) is 31.2 Å². The van der Waals surface area contributed by atoms with Gasteiger partial charge in [0.25, 0.3) is 0 Å². The molecule has 0 radical (unpaired) electrons. The zero-order valence-corrected chi connectivity index (χ0v) is 21.0. The summed E-state index contributed by atoms with van der Waals surface area (Å²) in [5, 5.41) is 1.58. The lowest BCUT2D eigenvalue weighted by Gasteiger charge is -2.18. The number of carbonyl (C=O) groups excluding carboxylic acids is 1. The third-order valence-corrected chi connectivity index (χ3v) is 7.64. The number of benzene rings is 3. The molecule has 0 spiro atoms. The molecule has 5 rings (SSSR count). The summed E-state index contributed by atoms with van der Waals surface area (Å²) >= 11 is 0. The molecule has 8 nitrogen and oxygen atoms in total. The van der Waals surface area contributed by atoms with Crippen LogP contribution in [0.5, 0.6) is 5.75 Å². The maximum absolute atomic E-state index is 13.4. The van der Waals surface area contributed by atoms with E-state index < -0.39 is 27.7 Å².